The van der Waals surface area contributed by atoms with Gasteiger partial charge >= 0.3 is 6.16 Å². The molecule has 130 valence electrons. The third-order valence-corrected chi connectivity index (χ3v) is 4.22. The number of epoxide rings is 1. The summed E-state index contributed by atoms with van der Waals surface area (Å²) in [5.41, 5.74) is 0.314. The summed E-state index contributed by atoms with van der Waals surface area (Å²) in [6.45, 7) is 3.94. The lowest BCUT2D eigenvalue weighted by molar-refractivity contribution is 0.0347. The van der Waals surface area contributed by atoms with Crippen LogP contribution >= 0.6 is 0 Å². The van der Waals surface area contributed by atoms with E-state index in [0.29, 0.717) is 5.56 Å². The normalized spacial score (nSPS) is 18.9. The molecule has 25 heavy (non-hydrogen) atoms. The Balaban J connectivity index is 1.67. The molecule has 0 saturated carbocycles. The Kier molecular flexibility index (Phi) is 4.51. The van der Waals surface area contributed by atoms with Crippen molar-refractivity contribution in [2.24, 2.45) is 0 Å². The largest absolute Gasteiger partial charge is 0.510 e. The average Bonchev–Trinajstić information content (AvgIpc) is 3.23. The number of benzene rings is 2. The van der Waals surface area contributed by atoms with Crippen LogP contribution in [0.2, 0.25) is 0 Å². The Morgan fingerprint density at radius 3 is 2.60 bits per heavy atom. The minimum atomic E-state index is -1.04. The maximum Gasteiger partial charge on any atom is 0.510 e. The van der Waals surface area contributed by atoms with E-state index >= 15 is 0 Å². The number of nitriles is 1. The number of carbonyl (C=O) groups excluding carboxylic acids is 1. The fourth-order valence-electron chi connectivity index (χ4n) is 2.54. The van der Waals surface area contributed by atoms with E-state index in [9.17, 15) is 10.1 Å². The first-order valence-electron chi connectivity index (χ1n) is 7.91. The van der Waals surface area contributed by atoms with Crippen molar-refractivity contribution in [3.63, 3.8) is 0 Å². The quantitative estimate of drug-likeness (QED) is 0.609. The van der Waals surface area contributed by atoms with Gasteiger partial charge in [-0.15, -0.1) is 0 Å². The lowest BCUT2D eigenvalue weighted by atomic mass is 10.0. The van der Waals surface area contributed by atoms with Crippen LogP contribution in [0.1, 0.15) is 25.5 Å². The number of hydrogen-bond acceptors (Lipinski definition) is 6. The minimum absolute atomic E-state index is 0.113. The second-order valence-electron chi connectivity index (χ2n) is 6.37. The molecule has 2 aromatic carbocycles. The molecule has 6 heteroatoms. The monoisotopic (exact) mass is 341 g/mol. The molecule has 2 aromatic rings. The fourth-order valence-corrected chi connectivity index (χ4v) is 2.54. The van der Waals surface area contributed by atoms with E-state index in [0.717, 1.165) is 16.5 Å². The predicted molar refractivity (Wildman–Crippen MR) is 90.2 cm³/mol. The Bertz CT molecular complexity index is 839. The molecule has 0 bridgehead atoms. The van der Waals surface area contributed by atoms with E-state index in [4.69, 9.17) is 18.9 Å². The molecule has 0 aromatic heterocycles. The van der Waals surface area contributed by atoms with Crippen LogP contribution < -0.4 is 4.74 Å². The maximum absolute atomic E-state index is 11.8. The van der Waals surface area contributed by atoms with Crippen LogP contribution in [0.15, 0.2) is 36.4 Å². The number of hydrogen-bond donors (Lipinski definition) is 0. The molecule has 2 unspecified atom stereocenters. The number of nitrogens with zero attached hydrogens (tertiary/aromatic N) is 1. The van der Waals surface area contributed by atoms with Gasteiger partial charge in [-0.3, -0.25) is 0 Å². The molecular formula is C19H19NO5. The molecule has 2 atom stereocenters. The summed E-state index contributed by atoms with van der Waals surface area (Å²) >= 11 is 0. The number of carbonyl (C=O) groups is 1. The molecular weight excluding hydrogens is 322 g/mol. The highest BCUT2D eigenvalue weighted by molar-refractivity contribution is 5.84. The molecule has 0 amide bonds. The van der Waals surface area contributed by atoms with Gasteiger partial charge in [0.2, 0.25) is 6.10 Å². The van der Waals surface area contributed by atoms with Gasteiger partial charge in [-0.25, -0.2) is 4.79 Å². The molecule has 0 spiro atoms. The number of fused-ring (bicyclic) bond motifs is 1. The van der Waals surface area contributed by atoms with Crippen molar-refractivity contribution < 1.29 is 23.7 Å². The first-order chi connectivity index (χ1) is 11.9. The Labute approximate surface area is 145 Å². The van der Waals surface area contributed by atoms with E-state index in [-0.39, 0.29) is 18.3 Å². The summed E-state index contributed by atoms with van der Waals surface area (Å²) < 4.78 is 20.7. The van der Waals surface area contributed by atoms with Crippen molar-refractivity contribution in [1.82, 2.24) is 0 Å². The predicted octanol–water partition coefficient (Wildman–Crippen LogP) is 3.74. The van der Waals surface area contributed by atoms with Crippen LogP contribution in [0.4, 0.5) is 4.79 Å². The van der Waals surface area contributed by atoms with E-state index in [1.807, 2.05) is 50.2 Å². The SMILES string of the molecule is COc1ccc2cc(C(C#N)OC(=O)OCC3OC3(C)C)ccc2c1. The van der Waals surface area contributed by atoms with E-state index in [1.54, 1.807) is 13.2 Å². The highest BCUT2D eigenvalue weighted by atomic mass is 16.7. The molecule has 1 saturated heterocycles. The second kappa shape index (κ2) is 6.61. The molecule has 3 rings (SSSR count). The van der Waals surface area contributed by atoms with Crippen LogP contribution in [0, 0.1) is 11.3 Å². The van der Waals surface area contributed by atoms with Crippen LogP contribution in [0.25, 0.3) is 10.8 Å². The molecule has 0 N–H and O–H groups in total. The van der Waals surface area contributed by atoms with Crippen LogP contribution in [0.5, 0.6) is 5.75 Å². The lowest BCUT2D eigenvalue weighted by Gasteiger charge is -2.12. The summed E-state index contributed by atoms with van der Waals surface area (Å²) in [5.74, 6) is 0.752. The second-order valence-corrected chi connectivity index (χ2v) is 6.37. The highest BCUT2D eigenvalue weighted by Crippen LogP contribution is 2.35. The molecule has 0 radical (unpaired) electrons. The van der Waals surface area contributed by atoms with Crippen molar-refractivity contribution in [3.05, 3.63) is 42.0 Å². The number of ether oxygens (including phenoxy) is 4. The molecule has 1 aliphatic heterocycles. The highest BCUT2D eigenvalue weighted by Gasteiger charge is 2.48. The Hall–Kier alpha value is -2.78. The number of rotatable bonds is 5. The first kappa shape index (κ1) is 17.1. The van der Waals surface area contributed by atoms with Gasteiger partial charge in [0.1, 0.15) is 24.5 Å². The Morgan fingerprint density at radius 1 is 1.28 bits per heavy atom. The van der Waals surface area contributed by atoms with Crippen LogP contribution in [-0.2, 0) is 14.2 Å². The van der Waals surface area contributed by atoms with Crippen molar-refractivity contribution in [1.29, 1.82) is 5.26 Å². The first-order valence-corrected chi connectivity index (χ1v) is 7.91. The minimum Gasteiger partial charge on any atom is -0.497 e. The molecule has 1 aliphatic rings. The van der Waals surface area contributed by atoms with Crippen LogP contribution in [-0.4, -0.2) is 31.6 Å². The maximum atomic E-state index is 11.8. The van der Waals surface area contributed by atoms with E-state index in [2.05, 4.69) is 0 Å². The topological polar surface area (TPSA) is 81.1 Å². The summed E-state index contributed by atoms with van der Waals surface area (Å²) in [6.07, 6.45) is -2.05. The zero-order valence-corrected chi connectivity index (χ0v) is 14.3. The third kappa shape index (κ3) is 3.83. The van der Waals surface area contributed by atoms with Gasteiger partial charge in [0.25, 0.3) is 0 Å². The summed E-state index contributed by atoms with van der Waals surface area (Å²) in [6, 6.07) is 13.0. The van der Waals surface area contributed by atoms with E-state index in [1.165, 1.54) is 0 Å². The molecule has 1 fully saturated rings. The molecule has 0 aliphatic carbocycles. The van der Waals surface area contributed by atoms with Crippen molar-refractivity contribution in [2.45, 2.75) is 31.7 Å². The van der Waals surface area contributed by atoms with Crippen LogP contribution in [0.3, 0.4) is 0 Å². The average molecular weight is 341 g/mol. The summed E-state index contributed by atoms with van der Waals surface area (Å²) in [5, 5.41) is 11.2. The van der Waals surface area contributed by atoms with Crippen molar-refractivity contribution in [2.75, 3.05) is 13.7 Å². The summed E-state index contributed by atoms with van der Waals surface area (Å²) in [4.78, 5) is 11.8. The van der Waals surface area contributed by atoms with Gasteiger partial charge in [-0.1, -0.05) is 18.2 Å². The zero-order chi connectivity index (χ0) is 18.0. The third-order valence-electron chi connectivity index (χ3n) is 4.22. The van der Waals surface area contributed by atoms with Gasteiger partial charge in [-0.05, 0) is 42.8 Å². The van der Waals surface area contributed by atoms with Gasteiger partial charge in [0, 0.05) is 5.56 Å². The molecule has 1 heterocycles. The van der Waals surface area contributed by atoms with Gasteiger partial charge in [0.05, 0.1) is 12.7 Å². The van der Waals surface area contributed by atoms with Gasteiger partial charge in [-0.2, -0.15) is 5.26 Å². The summed E-state index contributed by atoms with van der Waals surface area (Å²) in [7, 11) is 1.61. The van der Waals surface area contributed by atoms with Gasteiger partial charge < -0.3 is 18.9 Å². The van der Waals surface area contributed by atoms with E-state index < -0.39 is 12.3 Å². The Morgan fingerprint density at radius 2 is 1.96 bits per heavy atom. The molecule has 6 nitrogen and oxygen atoms in total. The lowest BCUT2D eigenvalue weighted by Crippen LogP contribution is -2.17. The smallest absolute Gasteiger partial charge is 0.497 e. The standard InChI is InChI=1S/C19H19NO5/c1-19(2)17(25-19)11-23-18(21)24-16(10-20)14-5-4-13-9-15(22-3)7-6-12(13)8-14/h4-9,16-17H,11H2,1-3H3. The van der Waals surface area contributed by atoms with Crippen molar-refractivity contribution >= 4 is 16.9 Å². The van der Waals surface area contributed by atoms with Gasteiger partial charge in [0.15, 0.2) is 0 Å². The van der Waals surface area contributed by atoms with Crippen molar-refractivity contribution in [3.8, 4) is 11.8 Å². The fraction of sp³-hybridized carbons (Fsp3) is 0.368. The zero-order valence-electron chi connectivity index (χ0n) is 14.3. The number of methoxy groups -OCH3 is 1.